The molecule has 15 nitrogen and oxygen atoms in total. The van der Waals surface area contributed by atoms with Gasteiger partial charge in [-0.05, 0) is 81.3 Å². The summed E-state index contributed by atoms with van der Waals surface area (Å²) in [6.07, 6.45) is 3.45. The molecule has 2 aromatic carbocycles. The van der Waals surface area contributed by atoms with Crippen LogP contribution in [0.2, 0.25) is 0 Å². The van der Waals surface area contributed by atoms with E-state index < -0.39 is 23.5 Å². The van der Waals surface area contributed by atoms with Gasteiger partial charge in [0.05, 0.1) is 16.9 Å². The third-order valence-electron chi connectivity index (χ3n) is 13.7. The molecule has 9 rings (SSSR count). The van der Waals surface area contributed by atoms with Gasteiger partial charge in [-0.25, -0.2) is 9.18 Å². The van der Waals surface area contributed by atoms with Crippen LogP contribution in [0.5, 0.6) is 5.75 Å². The molecule has 5 amide bonds. The van der Waals surface area contributed by atoms with Gasteiger partial charge in [0.25, 0.3) is 5.91 Å². The molecule has 3 aromatic rings. The van der Waals surface area contributed by atoms with Crippen LogP contribution >= 0.6 is 0 Å². The maximum absolute atomic E-state index is 14.4. The Labute approximate surface area is 343 Å². The minimum atomic E-state index is -0.712. The van der Waals surface area contributed by atoms with Crippen LogP contribution in [0.15, 0.2) is 42.5 Å². The summed E-state index contributed by atoms with van der Waals surface area (Å²) >= 11 is 0. The second-order valence-electron chi connectivity index (χ2n) is 17.4. The second-order valence-corrected chi connectivity index (χ2v) is 17.4. The fourth-order valence-electron chi connectivity index (χ4n) is 10.5. The number of carbonyl (C=O) groups is 4. The Hall–Kier alpha value is -5.51. The largest absolute Gasteiger partial charge is 0.504 e. The highest BCUT2D eigenvalue weighted by Crippen LogP contribution is 2.42. The first-order valence-electron chi connectivity index (χ1n) is 21.1. The minimum Gasteiger partial charge on any atom is -0.504 e. The fourth-order valence-corrected chi connectivity index (χ4v) is 10.5. The van der Waals surface area contributed by atoms with E-state index in [-0.39, 0.29) is 47.5 Å². The number of nitrogens with one attached hydrogen (secondary N) is 2. The summed E-state index contributed by atoms with van der Waals surface area (Å²) in [6.45, 7) is 13.5. The molecule has 0 unspecified atom stereocenters. The van der Waals surface area contributed by atoms with Crippen molar-refractivity contribution in [3.05, 3.63) is 59.4 Å². The number of hydrogen-bond acceptors (Lipinski definition) is 11. The smallest absolute Gasteiger partial charge is 0.320 e. The highest BCUT2D eigenvalue weighted by Gasteiger charge is 2.48. The van der Waals surface area contributed by atoms with Crippen molar-refractivity contribution in [2.75, 3.05) is 74.0 Å². The van der Waals surface area contributed by atoms with Crippen LogP contribution in [0, 0.1) is 11.7 Å². The number of piperidine rings is 2. The summed E-state index contributed by atoms with van der Waals surface area (Å²) < 4.78 is 14.2. The number of rotatable bonds is 6. The zero-order chi connectivity index (χ0) is 41.2. The van der Waals surface area contributed by atoms with Crippen LogP contribution in [-0.4, -0.2) is 141 Å². The van der Waals surface area contributed by atoms with Gasteiger partial charge >= 0.3 is 6.03 Å². The van der Waals surface area contributed by atoms with E-state index in [1.54, 1.807) is 17.0 Å². The van der Waals surface area contributed by atoms with Gasteiger partial charge in [-0.1, -0.05) is 19.1 Å². The number of phenols is 1. The minimum absolute atomic E-state index is 0.0487. The van der Waals surface area contributed by atoms with Gasteiger partial charge in [0.1, 0.15) is 6.04 Å². The molecule has 4 atom stereocenters. The van der Waals surface area contributed by atoms with Crippen molar-refractivity contribution in [1.82, 2.24) is 35.1 Å². The molecule has 3 N–H and O–H groups in total. The van der Waals surface area contributed by atoms with Crippen molar-refractivity contribution in [3.63, 3.8) is 0 Å². The topological polar surface area (TPSA) is 158 Å². The number of aromatic hydroxyl groups is 1. The number of piperazine rings is 2. The number of hydrogen-bond donors (Lipinski definition) is 3. The molecule has 0 bridgehead atoms. The van der Waals surface area contributed by atoms with Gasteiger partial charge in [-0.2, -0.15) is 0 Å². The molecule has 4 fully saturated rings. The average molecular weight is 809 g/mol. The van der Waals surface area contributed by atoms with E-state index in [9.17, 15) is 28.7 Å². The number of para-hydroxylation sites is 1. The third kappa shape index (κ3) is 6.98. The first-order chi connectivity index (χ1) is 28.4. The average Bonchev–Trinajstić information content (AvgIpc) is 3.56. The fraction of sp³-hybridized carbons (Fsp3) is 0.535. The van der Waals surface area contributed by atoms with E-state index in [1.165, 1.54) is 6.07 Å². The van der Waals surface area contributed by atoms with Crippen molar-refractivity contribution in [2.24, 2.45) is 5.92 Å². The Balaban J connectivity index is 0.792. The van der Waals surface area contributed by atoms with Gasteiger partial charge < -0.3 is 34.9 Å². The normalized spacial score (nSPS) is 26.3. The van der Waals surface area contributed by atoms with Crippen molar-refractivity contribution in [2.45, 2.75) is 83.1 Å². The number of imide groups is 1. The van der Waals surface area contributed by atoms with Gasteiger partial charge in [0, 0.05) is 101 Å². The number of benzene rings is 2. The van der Waals surface area contributed by atoms with Crippen LogP contribution in [0.3, 0.4) is 0 Å². The Morgan fingerprint density at radius 2 is 1.75 bits per heavy atom. The predicted molar refractivity (Wildman–Crippen MR) is 220 cm³/mol. The van der Waals surface area contributed by atoms with E-state index >= 15 is 0 Å². The number of nitrogens with zero attached hydrogens (tertiary/aromatic N) is 8. The number of amides is 5. The van der Waals surface area contributed by atoms with Gasteiger partial charge in [-0.3, -0.25) is 24.6 Å². The summed E-state index contributed by atoms with van der Waals surface area (Å²) in [5.41, 5.74) is 3.71. The molecule has 7 heterocycles. The highest BCUT2D eigenvalue weighted by molar-refractivity contribution is 6.05. The molecule has 59 heavy (non-hydrogen) atoms. The lowest BCUT2D eigenvalue weighted by molar-refractivity contribution is -0.136. The van der Waals surface area contributed by atoms with Crippen LogP contribution in [-0.2, 0) is 16.1 Å². The van der Waals surface area contributed by atoms with Crippen LogP contribution in [0.1, 0.15) is 68.8 Å². The molecule has 0 spiro atoms. The number of carbonyl (C=O) groups excluding carboxylic acids is 4. The maximum Gasteiger partial charge on any atom is 0.320 e. The highest BCUT2D eigenvalue weighted by atomic mass is 19.1. The maximum atomic E-state index is 14.4. The molecule has 312 valence electrons. The third-order valence-corrected chi connectivity index (χ3v) is 13.7. The number of anilines is 3. The number of aromatic nitrogens is 2. The summed E-state index contributed by atoms with van der Waals surface area (Å²) in [6, 6.07) is 11.8. The first kappa shape index (κ1) is 39.0. The molecular formula is C43H53FN10O5. The van der Waals surface area contributed by atoms with Crippen LogP contribution < -0.4 is 20.4 Å². The van der Waals surface area contributed by atoms with Gasteiger partial charge in [0.2, 0.25) is 11.8 Å². The number of fused-ring (bicyclic) bond motifs is 4. The first-order valence-corrected chi connectivity index (χ1v) is 21.1. The SMILES string of the molecule is CC[C@@]12CNc3nnc(-c4cccc(F)c4O)cc3N1CCN(C(=O)N1[C@H](C)CN(CC3CCN(c4ccc5c(c4)C(=O)N([C@@H]4CCC(=O)NC4=O)C5)CC3)C[C@@H]1C)C2. The lowest BCUT2D eigenvalue weighted by Crippen LogP contribution is -2.70. The molecular weight excluding hydrogens is 756 g/mol. The Morgan fingerprint density at radius 3 is 2.49 bits per heavy atom. The van der Waals surface area contributed by atoms with Crippen molar-refractivity contribution in [1.29, 1.82) is 0 Å². The van der Waals surface area contributed by atoms with E-state index in [4.69, 9.17) is 0 Å². The molecule has 6 aliphatic heterocycles. The van der Waals surface area contributed by atoms with Crippen molar-refractivity contribution in [3.8, 4) is 17.0 Å². The van der Waals surface area contributed by atoms with E-state index in [1.807, 2.05) is 23.1 Å². The molecule has 16 heteroatoms. The van der Waals surface area contributed by atoms with Crippen LogP contribution in [0.4, 0.5) is 26.4 Å². The second kappa shape index (κ2) is 15.3. The van der Waals surface area contributed by atoms with Gasteiger partial charge in [-0.15, -0.1) is 10.2 Å². The summed E-state index contributed by atoms with van der Waals surface area (Å²) in [5, 5.41) is 24.9. The lowest BCUT2D eigenvalue weighted by Gasteiger charge is -2.55. The summed E-state index contributed by atoms with van der Waals surface area (Å²) in [4.78, 5) is 64.9. The van der Waals surface area contributed by atoms with E-state index in [0.717, 1.165) is 68.9 Å². The van der Waals surface area contributed by atoms with Crippen molar-refractivity contribution < 1.29 is 28.7 Å². The molecule has 6 aliphatic rings. The zero-order valence-electron chi connectivity index (χ0n) is 34.0. The standard InChI is InChI=1S/C43H53FN10O5/c1-4-43-24-45-39-36(19-34(47-48-39)31-6-5-7-33(44)38(31)56)53(43)17-16-51(25-43)42(59)54-26(2)20-49(21-27(54)3)22-28-12-14-50(15-13-28)30-9-8-29-23-52(41(58)32(29)18-30)35-10-11-37(55)46-40(35)57/h5-9,18-19,26-28,35,56H,4,10-17,20-25H2,1-3H3,(H,45,48)(H,46,55,57)/t26-,27+,35-,43+/m1/s1. The Kier molecular flexibility index (Phi) is 10.1. The van der Waals surface area contributed by atoms with Crippen LogP contribution in [0.25, 0.3) is 11.3 Å². The monoisotopic (exact) mass is 808 g/mol. The molecule has 0 aliphatic carbocycles. The summed E-state index contributed by atoms with van der Waals surface area (Å²) in [5.74, 6) is -0.828. The van der Waals surface area contributed by atoms with Gasteiger partial charge in [0.15, 0.2) is 17.4 Å². The predicted octanol–water partition coefficient (Wildman–Crippen LogP) is 3.88. The molecule has 1 aromatic heterocycles. The molecule has 4 saturated heterocycles. The molecule has 0 radical (unpaired) electrons. The zero-order valence-corrected chi connectivity index (χ0v) is 34.0. The quantitative estimate of drug-likeness (QED) is 0.311. The Bertz CT molecular complexity index is 2170. The lowest BCUT2D eigenvalue weighted by atomic mass is 9.87. The number of urea groups is 1. The number of phenolic OH excluding ortho intramolecular Hbond substituents is 1. The molecule has 0 saturated carbocycles. The van der Waals surface area contributed by atoms with Crippen molar-refractivity contribution >= 4 is 40.9 Å². The Morgan fingerprint density at radius 1 is 0.966 bits per heavy atom. The van der Waals surface area contributed by atoms with E-state index in [2.05, 4.69) is 67.3 Å². The van der Waals surface area contributed by atoms with E-state index in [0.29, 0.717) is 62.1 Å². The number of halogens is 1. The summed E-state index contributed by atoms with van der Waals surface area (Å²) in [7, 11) is 0.